The summed E-state index contributed by atoms with van der Waals surface area (Å²) in [4.78, 5) is 10.3. The minimum Gasteiger partial charge on any atom is -0.480 e. The van der Waals surface area contributed by atoms with Crippen LogP contribution in [0.4, 0.5) is 0 Å². The molecule has 0 aromatic carbocycles. The second-order valence-corrected chi connectivity index (χ2v) is 5.75. The van der Waals surface area contributed by atoms with Gasteiger partial charge in [0.05, 0.1) is 12.2 Å². The van der Waals surface area contributed by atoms with Gasteiger partial charge in [0.15, 0.2) is 0 Å². The lowest BCUT2D eigenvalue weighted by Gasteiger charge is -2.14. The molecule has 0 aliphatic heterocycles. The number of nitrogens with two attached hydrogens (primary N) is 1. The molecular weight excluding hydrogens is 258 g/mol. The summed E-state index contributed by atoms with van der Waals surface area (Å²) in [5.41, 5.74) is 5.26. The Labute approximate surface area is 102 Å². The second kappa shape index (κ2) is 8.54. The highest BCUT2D eigenvalue weighted by Crippen LogP contribution is 2.23. The molecule has 15 heavy (non-hydrogen) atoms. The number of aliphatic carboxylic acids is 1. The van der Waals surface area contributed by atoms with Gasteiger partial charge in [-0.2, -0.15) is 12.6 Å². The van der Waals surface area contributed by atoms with Gasteiger partial charge in [0.1, 0.15) is 6.04 Å². The summed E-state index contributed by atoms with van der Waals surface area (Å²) in [6.07, 6.45) is -1.70. The van der Waals surface area contributed by atoms with Crippen molar-refractivity contribution in [2.75, 3.05) is 17.3 Å². The Hall–Kier alpha value is 0.400. The Kier molecular flexibility index (Phi) is 8.77. The zero-order valence-corrected chi connectivity index (χ0v) is 10.5. The normalized spacial score (nSPS) is 17.1. The molecule has 0 heterocycles. The minimum absolute atomic E-state index is 0.195. The maximum absolute atomic E-state index is 10.3. The number of carboxylic acid groups (broad SMARTS) is 1. The first-order valence-electron chi connectivity index (χ1n) is 4.18. The fraction of sp³-hybridized carbons (Fsp3) is 0.857. The van der Waals surface area contributed by atoms with Crippen molar-refractivity contribution in [3.63, 3.8) is 0 Å². The molecule has 0 rings (SSSR count). The molecule has 0 aliphatic carbocycles. The van der Waals surface area contributed by atoms with Crippen molar-refractivity contribution in [1.29, 1.82) is 0 Å². The summed E-state index contributed by atoms with van der Waals surface area (Å²) < 4.78 is 0. The number of hydrogen-bond acceptors (Lipinski definition) is 7. The number of aliphatic hydroxyl groups is 2. The van der Waals surface area contributed by atoms with E-state index in [-0.39, 0.29) is 11.5 Å². The Morgan fingerprint density at radius 2 is 1.80 bits per heavy atom. The molecule has 5 nitrogen and oxygen atoms in total. The van der Waals surface area contributed by atoms with Crippen LogP contribution in [-0.4, -0.2) is 56.8 Å². The number of hydrogen-bond donors (Lipinski definition) is 5. The van der Waals surface area contributed by atoms with Gasteiger partial charge in [0, 0.05) is 17.3 Å². The third kappa shape index (κ3) is 7.31. The molecule has 0 bridgehead atoms. The molecule has 0 saturated heterocycles. The molecule has 8 heteroatoms. The molecule has 0 aliphatic rings. The van der Waals surface area contributed by atoms with Gasteiger partial charge in [-0.15, -0.1) is 0 Å². The SMILES string of the molecule is N[C@@H](CSSC[C@@H](O)[C@H](O)CS)C(=O)O. The summed E-state index contributed by atoms with van der Waals surface area (Å²) >= 11 is 3.84. The van der Waals surface area contributed by atoms with Crippen LogP contribution >= 0.6 is 34.2 Å². The van der Waals surface area contributed by atoms with Crippen LogP contribution in [-0.2, 0) is 4.79 Å². The van der Waals surface area contributed by atoms with Crippen molar-refractivity contribution in [3.05, 3.63) is 0 Å². The lowest BCUT2D eigenvalue weighted by atomic mass is 10.3. The van der Waals surface area contributed by atoms with Crippen LogP contribution in [0, 0.1) is 0 Å². The Bertz CT molecular complexity index is 195. The molecule has 0 aromatic rings. The number of aliphatic hydroxyl groups excluding tert-OH is 2. The van der Waals surface area contributed by atoms with Gasteiger partial charge in [-0.05, 0) is 0 Å². The summed E-state index contributed by atoms with van der Waals surface area (Å²) in [7, 11) is 2.54. The van der Waals surface area contributed by atoms with Crippen molar-refractivity contribution >= 4 is 40.2 Å². The van der Waals surface area contributed by atoms with E-state index in [4.69, 9.17) is 15.9 Å². The third-order valence-corrected chi connectivity index (χ3v) is 4.35. The summed E-state index contributed by atoms with van der Waals surface area (Å²) in [5, 5.41) is 26.9. The average molecular weight is 273 g/mol. The Morgan fingerprint density at radius 1 is 1.27 bits per heavy atom. The van der Waals surface area contributed by atoms with E-state index in [2.05, 4.69) is 12.6 Å². The van der Waals surface area contributed by atoms with Crippen molar-refractivity contribution in [2.45, 2.75) is 18.2 Å². The fourth-order valence-electron chi connectivity index (χ4n) is 0.543. The zero-order chi connectivity index (χ0) is 11.8. The topological polar surface area (TPSA) is 104 Å². The second-order valence-electron chi connectivity index (χ2n) is 2.83. The average Bonchev–Trinajstić information content (AvgIpc) is 2.22. The van der Waals surface area contributed by atoms with Crippen molar-refractivity contribution < 1.29 is 20.1 Å². The summed E-state index contributed by atoms with van der Waals surface area (Å²) in [6, 6.07) is -0.894. The van der Waals surface area contributed by atoms with E-state index >= 15 is 0 Å². The van der Waals surface area contributed by atoms with E-state index in [0.29, 0.717) is 5.75 Å². The molecule has 5 N–H and O–H groups in total. The van der Waals surface area contributed by atoms with Gasteiger partial charge in [-0.25, -0.2) is 0 Å². The Morgan fingerprint density at radius 3 is 2.27 bits per heavy atom. The number of rotatable bonds is 8. The largest absolute Gasteiger partial charge is 0.480 e. The smallest absolute Gasteiger partial charge is 0.321 e. The van der Waals surface area contributed by atoms with Crippen molar-refractivity contribution in [2.24, 2.45) is 5.73 Å². The number of carbonyl (C=O) groups is 1. The monoisotopic (exact) mass is 273 g/mol. The maximum Gasteiger partial charge on any atom is 0.321 e. The fourth-order valence-corrected chi connectivity index (χ4v) is 3.07. The molecule has 0 spiro atoms. The minimum atomic E-state index is -1.04. The summed E-state index contributed by atoms with van der Waals surface area (Å²) in [5.74, 6) is -0.261. The van der Waals surface area contributed by atoms with Gasteiger partial charge >= 0.3 is 5.97 Å². The Balaban J connectivity index is 3.50. The molecule has 0 radical (unpaired) electrons. The van der Waals surface area contributed by atoms with Gasteiger partial charge in [-0.3, -0.25) is 4.79 Å². The zero-order valence-electron chi connectivity index (χ0n) is 7.94. The predicted molar refractivity (Wildman–Crippen MR) is 66.4 cm³/mol. The molecule has 0 aromatic heterocycles. The van der Waals surface area contributed by atoms with E-state index in [1.54, 1.807) is 0 Å². The van der Waals surface area contributed by atoms with Gasteiger partial charge in [-0.1, -0.05) is 21.6 Å². The quantitative estimate of drug-likeness (QED) is 0.229. The van der Waals surface area contributed by atoms with Crippen molar-refractivity contribution in [1.82, 2.24) is 0 Å². The van der Waals surface area contributed by atoms with Crippen LogP contribution in [0.1, 0.15) is 0 Å². The maximum atomic E-state index is 10.3. The van der Waals surface area contributed by atoms with E-state index in [1.165, 1.54) is 21.6 Å². The highest BCUT2D eigenvalue weighted by Gasteiger charge is 2.16. The lowest BCUT2D eigenvalue weighted by molar-refractivity contribution is -0.137. The molecule has 90 valence electrons. The van der Waals surface area contributed by atoms with Crippen LogP contribution in [0.5, 0.6) is 0 Å². The van der Waals surface area contributed by atoms with Gasteiger partial charge < -0.3 is 21.1 Å². The van der Waals surface area contributed by atoms with Crippen LogP contribution in [0.15, 0.2) is 0 Å². The molecule has 0 fully saturated rings. The van der Waals surface area contributed by atoms with Crippen LogP contribution in [0.25, 0.3) is 0 Å². The van der Waals surface area contributed by atoms with Crippen molar-refractivity contribution in [3.8, 4) is 0 Å². The standard InChI is InChI=1S/C7H15NO4S3/c8-4(7(11)12)2-14-15-3-6(10)5(9)1-13/h4-6,9-10,13H,1-3,8H2,(H,11,12)/t4-,5+,6+/m0/s1. The molecule has 3 atom stereocenters. The third-order valence-electron chi connectivity index (χ3n) is 1.52. The highest BCUT2D eigenvalue weighted by molar-refractivity contribution is 8.76. The van der Waals surface area contributed by atoms with E-state index in [0.717, 1.165) is 0 Å². The van der Waals surface area contributed by atoms with E-state index < -0.39 is 24.2 Å². The first-order valence-corrected chi connectivity index (χ1v) is 7.30. The first kappa shape index (κ1) is 15.4. The van der Waals surface area contributed by atoms with E-state index in [1.807, 2.05) is 0 Å². The predicted octanol–water partition coefficient (Wildman–Crippen LogP) is -0.569. The van der Waals surface area contributed by atoms with Crippen LogP contribution in [0.3, 0.4) is 0 Å². The van der Waals surface area contributed by atoms with Crippen LogP contribution in [0.2, 0.25) is 0 Å². The van der Waals surface area contributed by atoms with Gasteiger partial charge in [0.25, 0.3) is 0 Å². The van der Waals surface area contributed by atoms with Crippen LogP contribution < -0.4 is 5.73 Å². The lowest BCUT2D eigenvalue weighted by Crippen LogP contribution is -2.32. The first-order chi connectivity index (χ1) is 6.99. The van der Waals surface area contributed by atoms with Gasteiger partial charge in [0.2, 0.25) is 0 Å². The molecule has 0 unspecified atom stereocenters. The molecular formula is C7H15NO4S3. The number of thiol groups is 1. The highest BCUT2D eigenvalue weighted by atomic mass is 33.1. The molecule has 0 amide bonds. The summed E-state index contributed by atoms with van der Waals surface area (Å²) in [6.45, 7) is 0. The van der Waals surface area contributed by atoms with E-state index in [9.17, 15) is 9.90 Å². The number of carboxylic acids is 1. The molecule has 0 saturated carbocycles.